The van der Waals surface area contributed by atoms with Crippen LogP contribution in [0.15, 0.2) is 71.8 Å². The van der Waals surface area contributed by atoms with Gasteiger partial charge in [-0.25, -0.2) is 0 Å². The number of tetrazole rings is 1. The van der Waals surface area contributed by atoms with Crippen molar-refractivity contribution in [2.45, 2.75) is 0 Å². The molecule has 0 atom stereocenters. The molecule has 0 aliphatic heterocycles. The topological polar surface area (TPSA) is 111 Å². The number of benzene rings is 3. The van der Waals surface area contributed by atoms with Gasteiger partial charge in [-0.3, -0.25) is 10.1 Å². The summed E-state index contributed by atoms with van der Waals surface area (Å²) >= 11 is 0. The molecular formula is C18H13N7O2. The van der Waals surface area contributed by atoms with Crippen LogP contribution < -0.4 is 5.32 Å². The van der Waals surface area contributed by atoms with Crippen LogP contribution in [0.25, 0.3) is 10.8 Å². The van der Waals surface area contributed by atoms with Gasteiger partial charge in [-0.05, 0) is 39.6 Å². The lowest BCUT2D eigenvalue weighted by Crippen LogP contribution is -2.01. The first-order valence-electron chi connectivity index (χ1n) is 8.03. The summed E-state index contributed by atoms with van der Waals surface area (Å²) < 4.78 is 0. The molecule has 0 aliphatic rings. The number of nitrogens with zero attached hydrogens (tertiary/aromatic N) is 6. The van der Waals surface area contributed by atoms with E-state index in [0.29, 0.717) is 11.5 Å². The summed E-state index contributed by atoms with van der Waals surface area (Å²) in [7, 11) is 0. The standard InChI is InChI=1S/C18H13N7O2/c26-25(27)15-10-8-13(9-11-15)12-19-24-18(21-22-23-24)20-17-7-3-5-14-4-1-2-6-16(14)17/h1-12H,(H,20,21,23). The van der Waals surface area contributed by atoms with Crippen molar-refractivity contribution in [2.75, 3.05) is 5.32 Å². The highest BCUT2D eigenvalue weighted by molar-refractivity contribution is 5.94. The van der Waals surface area contributed by atoms with E-state index in [0.717, 1.165) is 16.5 Å². The third-order valence-electron chi connectivity index (χ3n) is 3.91. The van der Waals surface area contributed by atoms with Crippen molar-refractivity contribution in [3.8, 4) is 0 Å². The van der Waals surface area contributed by atoms with Crippen LogP contribution in [0.5, 0.6) is 0 Å². The summed E-state index contributed by atoms with van der Waals surface area (Å²) in [6.45, 7) is 0. The zero-order valence-corrected chi connectivity index (χ0v) is 13.9. The number of rotatable bonds is 5. The summed E-state index contributed by atoms with van der Waals surface area (Å²) in [6.07, 6.45) is 1.52. The molecule has 0 spiro atoms. The van der Waals surface area contributed by atoms with E-state index in [2.05, 4.69) is 25.9 Å². The number of aromatic nitrogens is 4. The zero-order chi connectivity index (χ0) is 18.6. The predicted octanol–water partition coefficient (Wildman–Crippen LogP) is 3.36. The highest BCUT2D eigenvalue weighted by atomic mass is 16.6. The van der Waals surface area contributed by atoms with Gasteiger partial charge < -0.3 is 5.32 Å². The van der Waals surface area contributed by atoms with Crippen molar-refractivity contribution in [1.29, 1.82) is 0 Å². The monoisotopic (exact) mass is 359 g/mol. The Morgan fingerprint density at radius 1 is 1.04 bits per heavy atom. The van der Waals surface area contributed by atoms with Gasteiger partial charge in [-0.1, -0.05) is 46.3 Å². The number of fused-ring (bicyclic) bond motifs is 1. The lowest BCUT2D eigenvalue weighted by molar-refractivity contribution is -0.384. The van der Waals surface area contributed by atoms with E-state index < -0.39 is 4.92 Å². The van der Waals surface area contributed by atoms with Crippen LogP contribution in [0.3, 0.4) is 0 Å². The van der Waals surface area contributed by atoms with Crippen LogP contribution in [-0.2, 0) is 0 Å². The Morgan fingerprint density at radius 3 is 2.63 bits per heavy atom. The van der Waals surface area contributed by atoms with E-state index in [1.54, 1.807) is 12.1 Å². The number of nitrogens with one attached hydrogen (secondary N) is 1. The van der Waals surface area contributed by atoms with E-state index >= 15 is 0 Å². The second-order valence-electron chi connectivity index (χ2n) is 5.64. The largest absolute Gasteiger partial charge is 0.321 e. The third-order valence-corrected chi connectivity index (χ3v) is 3.91. The number of nitro groups is 1. The summed E-state index contributed by atoms with van der Waals surface area (Å²) in [5.41, 5.74) is 1.56. The van der Waals surface area contributed by atoms with Crippen LogP contribution in [0.2, 0.25) is 0 Å². The quantitative estimate of drug-likeness (QED) is 0.332. The Bertz CT molecular complexity index is 1130. The summed E-state index contributed by atoms with van der Waals surface area (Å²) in [5.74, 6) is 0.351. The molecule has 0 unspecified atom stereocenters. The Balaban J connectivity index is 1.58. The van der Waals surface area contributed by atoms with Gasteiger partial charge >= 0.3 is 0 Å². The zero-order valence-electron chi connectivity index (χ0n) is 13.9. The molecule has 0 fully saturated rings. The van der Waals surface area contributed by atoms with Gasteiger partial charge in [0.1, 0.15) is 0 Å². The van der Waals surface area contributed by atoms with Crippen molar-refractivity contribution in [1.82, 2.24) is 20.3 Å². The van der Waals surface area contributed by atoms with E-state index in [9.17, 15) is 10.1 Å². The maximum absolute atomic E-state index is 10.7. The Labute approximate surface area is 153 Å². The molecule has 0 radical (unpaired) electrons. The predicted molar refractivity (Wildman–Crippen MR) is 101 cm³/mol. The van der Waals surface area contributed by atoms with Gasteiger partial charge in [-0.15, -0.1) is 0 Å². The summed E-state index contributed by atoms with van der Waals surface area (Å²) in [6, 6.07) is 19.9. The van der Waals surface area contributed by atoms with Gasteiger partial charge in [-0.2, -0.15) is 5.10 Å². The van der Waals surface area contributed by atoms with E-state index in [4.69, 9.17) is 0 Å². The van der Waals surface area contributed by atoms with E-state index in [-0.39, 0.29) is 5.69 Å². The van der Waals surface area contributed by atoms with Crippen molar-refractivity contribution >= 4 is 34.3 Å². The van der Waals surface area contributed by atoms with Crippen LogP contribution in [0.1, 0.15) is 5.56 Å². The second kappa shape index (κ2) is 7.00. The minimum absolute atomic E-state index is 0.0212. The van der Waals surface area contributed by atoms with Crippen LogP contribution in [0, 0.1) is 10.1 Å². The molecule has 0 amide bonds. The highest BCUT2D eigenvalue weighted by Crippen LogP contribution is 2.25. The van der Waals surface area contributed by atoms with Gasteiger partial charge in [0.05, 0.1) is 11.1 Å². The first kappa shape index (κ1) is 16.3. The number of hydrogen-bond donors (Lipinski definition) is 1. The van der Waals surface area contributed by atoms with Crippen LogP contribution >= 0.6 is 0 Å². The normalized spacial score (nSPS) is 11.1. The number of nitro benzene ring substituents is 1. The van der Waals surface area contributed by atoms with Gasteiger partial charge in [0.15, 0.2) is 0 Å². The van der Waals surface area contributed by atoms with Crippen molar-refractivity contribution < 1.29 is 4.92 Å². The molecule has 1 aromatic heterocycles. The molecule has 0 aliphatic carbocycles. The first-order valence-corrected chi connectivity index (χ1v) is 8.03. The molecule has 1 heterocycles. The van der Waals surface area contributed by atoms with Gasteiger partial charge in [0.25, 0.3) is 11.6 Å². The van der Waals surface area contributed by atoms with Crippen LogP contribution in [-0.4, -0.2) is 31.5 Å². The lowest BCUT2D eigenvalue weighted by atomic mass is 10.1. The maximum atomic E-state index is 10.7. The molecule has 0 saturated heterocycles. The molecule has 0 bridgehead atoms. The Hall–Kier alpha value is -4.14. The molecule has 9 nitrogen and oxygen atoms in total. The molecular weight excluding hydrogens is 346 g/mol. The van der Waals surface area contributed by atoms with Gasteiger partial charge in [0, 0.05) is 23.2 Å². The van der Waals surface area contributed by atoms with E-state index in [1.807, 2.05) is 42.5 Å². The number of anilines is 2. The number of hydrogen-bond acceptors (Lipinski definition) is 7. The lowest BCUT2D eigenvalue weighted by Gasteiger charge is -2.07. The maximum Gasteiger partial charge on any atom is 0.269 e. The van der Waals surface area contributed by atoms with Crippen molar-refractivity contribution in [2.24, 2.45) is 5.10 Å². The Kier molecular flexibility index (Phi) is 4.24. The van der Waals surface area contributed by atoms with Gasteiger partial charge in [0.2, 0.25) is 0 Å². The molecule has 132 valence electrons. The molecule has 0 saturated carbocycles. The third kappa shape index (κ3) is 3.47. The van der Waals surface area contributed by atoms with Crippen LogP contribution in [0.4, 0.5) is 17.3 Å². The first-order chi connectivity index (χ1) is 13.2. The average Bonchev–Trinajstić information content (AvgIpc) is 3.14. The number of non-ortho nitro benzene ring substituents is 1. The average molecular weight is 359 g/mol. The second-order valence-corrected chi connectivity index (χ2v) is 5.64. The minimum atomic E-state index is -0.450. The SMILES string of the molecule is O=[N+]([O-])c1ccc(C=Nn2nnnc2Nc2cccc3ccccc23)cc1. The van der Waals surface area contributed by atoms with Crippen molar-refractivity contribution in [3.63, 3.8) is 0 Å². The summed E-state index contributed by atoms with van der Waals surface area (Å²) in [5, 5.41) is 31.7. The smallest absolute Gasteiger partial charge is 0.269 e. The summed E-state index contributed by atoms with van der Waals surface area (Å²) in [4.78, 5) is 11.5. The van der Waals surface area contributed by atoms with E-state index in [1.165, 1.54) is 23.1 Å². The molecule has 4 rings (SSSR count). The molecule has 27 heavy (non-hydrogen) atoms. The molecule has 4 aromatic rings. The highest BCUT2D eigenvalue weighted by Gasteiger charge is 2.08. The fourth-order valence-electron chi connectivity index (χ4n) is 2.59. The fourth-order valence-corrected chi connectivity index (χ4v) is 2.59. The molecule has 1 N–H and O–H groups in total. The Morgan fingerprint density at radius 2 is 1.81 bits per heavy atom. The molecule has 9 heteroatoms. The fraction of sp³-hybridized carbons (Fsp3) is 0. The minimum Gasteiger partial charge on any atom is -0.321 e. The van der Waals surface area contributed by atoms with Crippen molar-refractivity contribution in [3.05, 3.63) is 82.4 Å². The molecule has 3 aromatic carbocycles.